The molecule has 2 nitrogen and oxygen atoms in total. The molecule has 6 heteroatoms. The quantitative estimate of drug-likeness (QED) is 0.316. The number of hydrogen-bond acceptors (Lipinski definition) is 2. The zero-order chi connectivity index (χ0) is 15.9. The third kappa shape index (κ3) is 5.63. The number of nitrogens with one attached hydrogen (secondary N) is 1. The van der Waals surface area contributed by atoms with Crippen molar-refractivity contribution in [2.24, 2.45) is 5.84 Å². The highest BCUT2D eigenvalue weighted by atomic mass is 19.4. The van der Waals surface area contributed by atoms with Crippen molar-refractivity contribution in [1.29, 1.82) is 0 Å². The first-order valence-corrected chi connectivity index (χ1v) is 7.23. The fourth-order valence-electron chi connectivity index (χ4n) is 2.36. The lowest BCUT2D eigenvalue weighted by Gasteiger charge is -2.21. The van der Waals surface area contributed by atoms with Crippen LogP contribution in [-0.4, -0.2) is 0 Å². The van der Waals surface area contributed by atoms with Gasteiger partial charge in [-0.15, -0.1) is 0 Å². The van der Waals surface area contributed by atoms with Crippen LogP contribution in [-0.2, 0) is 6.18 Å². The van der Waals surface area contributed by atoms with Gasteiger partial charge in [0.05, 0.1) is 5.56 Å². The molecule has 0 amide bonds. The van der Waals surface area contributed by atoms with Crippen LogP contribution in [0.15, 0.2) is 18.2 Å². The molecule has 0 spiro atoms. The Hall–Kier alpha value is -1.14. The van der Waals surface area contributed by atoms with Crippen LogP contribution in [0.5, 0.6) is 0 Å². The molecule has 21 heavy (non-hydrogen) atoms. The predicted molar refractivity (Wildman–Crippen MR) is 74.8 cm³/mol. The Labute approximate surface area is 122 Å². The van der Waals surface area contributed by atoms with Gasteiger partial charge < -0.3 is 0 Å². The molecule has 0 aliphatic carbocycles. The topological polar surface area (TPSA) is 38.0 Å². The van der Waals surface area contributed by atoms with Crippen LogP contribution in [0.25, 0.3) is 0 Å². The minimum Gasteiger partial charge on any atom is -0.271 e. The monoisotopic (exact) mass is 306 g/mol. The number of benzene rings is 1. The summed E-state index contributed by atoms with van der Waals surface area (Å²) in [4.78, 5) is 0. The summed E-state index contributed by atoms with van der Waals surface area (Å²) in [5.41, 5.74) is 1.42. The van der Waals surface area contributed by atoms with E-state index in [1.54, 1.807) is 0 Å². The maximum Gasteiger partial charge on any atom is 0.416 e. The Kier molecular flexibility index (Phi) is 7.11. The van der Waals surface area contributed by atoms with Gasteiger partial charge in [0.15, 0.2) is 0 Å². The van der Waals surface area contributed by atoms with Gasteiger partial charge in [0, 0.05) is 6.04 Å². The lowest BCUT2D eigenvalue weighted by molar-refractivity contribution is -0.138. The van der Waals surface area contributed by atoms with E-state index in [0.29, 0.717) is 6.42 Å². The van der Waals surface area contributed by atoms with E-state index in [-0.39, 0.29) is 5.56 Å². The van der Waals surface area contributed by atoms with E-state index in [1.807, 2.05) is 0 Å². The summed E-state index contributed by atoms with van der Waals surface area (Å²) >= 11 is 0. The van der Waals surface area contributed by atoms with E-state index < -0.39 is 23.6 Å². The number of hydrazine groups is 1. The Morgan fingerprint density at radius 1 is 1.14 bits per heavy atom. The van der Waals surface area contributed by atoms with Gasteiger partial charge in [0.25, 0.3) is 0 Å². The molecule has 1 aromatic carbocycles. The number of halogens is 4. The molecule has 1 rings (SSSR count). The van der Waals surface area contributed by atoms with E-state index in [2.05, 4.69) is 12.3 Å². The molecule has 1 unspecified atom stereocenters. The summed E-state index contributed by atoms with van der Waals surface area (Å²) in [6.45, 7) is 2.09. The van der Waals surface area contributed by atoms with E-state index in [9.17, 15) is 17.6 Å². The number of nitrogens with two attached hydrogens (primary N) is 1. The van der Waals surface area contributed by atoms with Gasteiger partial charge in [-0.25, -0.2) is 4.39 Å². The second-order valence-corrected chi connectivity index (χ2v) is 5.15. The number of unbranched alkanes of at least 4 members (excludes halogenated alkanes) is 4. The summed E-state index contributed by atoms with van der Waals surface area (Å²) in [7, 11) is 0. The molecular weight excluding hydrogens is 284 g/mol. The average Bonchev–Trinajstić information content (AvgIpc) is 2.41. The van der Waals surface area contributed by atoms with Gasteiger partial charge in [-0.3, -0.25) is 11.3 Å². The largest absolute Gasteiger partial charge is 0.416 e. The molecule has 0 bridgehead atoms. The highest BCUT2D eigenvalue weighted by Crippen LogP contribution is 2.36. The standard InChI is InChI=1S/C15H22F4N2/c1-2-3-4-5-6-7-14(21-20)12-10-11(16)8-9-13(12)15(17,18)19/h8-10,14,21H,2-7,20H2,1H3. The molecule has 0 aromatic heterocycles. The van der Waals surface area contributed by atoms with Crippen molar-refractivity contribution in [1.82, 2.24) is 5.43 Å². The van der Waals surface area contributed by atoms with Gasteiger partial charge in [-0.05, 0) is 30.2 Å². The molecule has 1 atom stereocenters. The highest BCUT2D eigenvalue weighted by molar-refractivity contribution is 5.33. The fourth-order valence-corrected chi connectivity index (χ4v) is 2.36. The van der Waals surface area contributed by atoms with Crippen LogP contribution in [0.3, 0.4) is 0 Å². The van der Waals surface area contributed by atoms with E-state index >= 15 is 0 Å². The van der Waals surface area contributed by atoms with E-state index in [1.165, 1.54) is 0 Å². The molecule has 0 heterocycles. The van der Waals surface area contributed by atoms with E-state index in [0.717, 1.165) is 50.3 Å². The van der Waals surface area contributed by atoms with Crippen molar-refractivity contribution in [3.8, 4) is 0 Å². The van der Waals surface area contributed by atoms with Gasteiger partial charge in [0.2, 0.25) is 0 Å². The Balaban J connectivity index is 2.82. The van der Waals surface area contributed by atoms with Crippen LogP contribution < -0.4 is 11.3 Å². The zero-order valence-electron chi connectivity index (χ0n) is 12.1. The predicted octanol–water partition coefficient (Wildman–Crippen LogP) is 4.71. The molecular formula is C15H22F4N2. The highest BCUT2D eigenvalue weighted by Gasteiger charge is 2.35. The molecule has 0 radical (unpaired) electrons. The maximum atomic E-state index is 13.3. The second-order valence-electron chi connectivity index (χ2n) is 5.15. The summed E-state index contributed by atoms with van der Waals surface area (Å²) in [5, 5.41) is 0. The van der Waals surface area contributed by atoms with Gasteiger partial charge in [-0.2, -0.15) is 13.2 Å². The van der Waals surface area contributed by atoms with Crippen molar-refractivity contribution >= 4 is 0 Å². The Bertz CT molecular complexity index is 432. The van der Waals surface area contributed by atoms with Crippen molar-refractivity contribution < 1.29 is 17.6 Å². The molecule has 3 N–H and O–H groups in total. The van der Waals surface area contributed by atoms with Crippen molar-refractivity contribution in [3.63, 3.8) is 0 Å². The van der Waals surface area contributed by atoms with Crippen LogP contribution in [0.2, 0.25) is 0 Å². The first-order valence-electron chi connectivity index (χ1n) is 7.23. The fraction of sp³-hybridized carbons (Fsp3) is 0.600. The third-order valence-electron chi connectivity index (χ3n) is 3.49. The summed E-state index contributed by atoms with van der Waals surface area (Å²) in [6, 6.07) is 1.81. The minimum absolute atomic E-state index is 0.125. The number of alkyl halides is 3. The summed E-state index contributed by atoms with van der Waals surface area (Å²) in [6.07, 6.45) is 0.872. The number of hydrogen-bond donors (Lipinski definition) is 2. The van der Waals surface area contributed by atoms with E-state index in [4.69, 9.17) is 5.84 Å². The van der Waals surface area contributed by atoms with Crippen LogP contribution in [0.1, 0.15) is 62.6 Å². The van der Waals surface area contributed by atoms with Crippen LogP contribution in [0.4, 0.5) is 17.6 Å². The maximum absolute atomic E-state index is 13.3. The van der Waals surface area contributed by atoms with Gasteiger partial charge in [0.1, 0.15) is 5.82 Å². The lowest BCUT2D eigenvalue weighted by atomic mass is 9.95. The average molecular weight is 306 g/mol. The first kappa shape index (κ1) is 17.9. The SMILES string of the molecule is CCCCCCCC(NN)c1cc(F)ccc1C(F)(F)F. The van der Waals surface area contributed by atoms with Crippen LogP contribution >= 0.6 is 0 Å². The van der Waals surface area contributed by atoms with Gasteiger partial charge in [-0.1, -0.05) is 39.0 Å². The summed E-state index contributed by atoms with van der Waals surface area (Å²) < 4.78 is 52.2. The van der Waals surface area contributed by atoms with Crippen molar-refractivity contribution in [3.05, 3.63) is 35.1 Å². The lowest BCUT2D eigenvalue weighted by Crippen LogP contribution is -2.30. The molecule has 0 aliphatic rings. The van der Waals surface area contributed by atoms with Crippen molar-refractivity contribution in [2.75, 3.05) is 0 Å². The third-order valence-corrected chi connectivity index (χ3v) is 3.49. The minimum atomic E-state index is -4.51. The Morgan fingerprint density at radius 2 is 1.81 bits per heavy atom. The molecule has 0 saturated carbocycles. The summed E-state index contributed by atoms with van der Waals surface area (Å²) in [5.74, 6) is 4.68. The molecule has 0 aliphatic heterocycles. The Morgan fingerprint density at radius 3 is 2.38 bits per heavy atom. The number of rotatable bonds is 8. The molecule has 1 aromatic rings. The second kappa shape index (κ2) is 8.34. The first-order chi connectivity index (χ1) is 9.90. The zero-order valence-corrected chi connectivity index (χ0v) is 12.1. The van der Waals surface area contributed by atoms with Crippen molar-refractivity contribution in [2.45, 2.75) is 57.7 Å². The van der Waals surface area contributed by atoms with Crippen LogP contribution in [0, 0.1) is 5.82 Å². The molecule has 0 fully saturated rings. The normalized spacial score (nSPS) is 13.4. The molecule has 120 valence electrons. The molecule has 0 saturated heterocycles. The van der Waals surface area contributed by atoms with Gasteiger partial charge >= 0.3 is 6.18 Å². The smallest absolute Gasteiger partial charge is 0.271 e.